The van der Waals surface area contributed by atoms with Gasteiger partial charge in [0.1, 0.15) is 0 Å². The van der Waals surface area contributed by atoms with Gasteiger partial charge in [0.15, 0.2) is 0 Å². The van der Waals surface area contributed by atoms with Gasteiger partial charge >= 0.3 is 99.4 Å². The van der Waals surface area contributed by atoms with Crippen molar-refractivity contribution in [2.24, 2.45) is 0 Å². The van der Waals surface area contributed by atoms with E-state index in [2.05, 4.69) is 29.2 Å². The summed E-state index contributed by atoms with van der Waals surface area (Å²) >= 11 is 2.42. The summed E-state index contributed by atoms with van der Waals surface area (Å²) in [4.78, 5) is 0. The quantitative estimate of drug-likeness (QED) is 0.360. The molecular formula is HAgCl2KLi. The molecule has 0 aliphatic heterocycles. The Morgan fingerprint density at radius 2 is 1.40 bits per heavy atom. The molecule has 5 heteroatoms. The molecule has 0 amide bonds. The molecule has 28 valence electrons. The minimum atomic E-state index is 0. The van der Waals surface area contributed by atoms with Crippen molar-refractivity contribution < 1.29 is 104 Å². The van der Waals surface area contributed by atoms with Crippen LogP contribution in [0, 0.1) is 0 Å². The predicted molar refractivity (Wildman–Crippen MR) is 6.96 cm³/mol. The molecule has 0 aromatic rings. The standard InChI is InChI=1S/Ag.2ClH.K.Li.H/h;2*1H;;;/q+1;;;2*+1;-1/p-2. The molecule has 0 saturated carbocycles. The molecule has 0 saturated heterocycles. The largest absolute Gasteiger partial charge is 1.00 e. The summed E-state index contributed by atoms with van der Waals surface area (Å²) in [5, 5.41) is 0. The van der Waals surface area contributed by atoms with Gasteiger partial charge in [0.25, 0.3) is 0 Å². The topological polar surface area (TPSA) is 0 Å². The van der Waals surface area contributed by atoms with Gasteiger partial charge in [-0.05, 0) is 0 Å². The van der Waals surface area contributed by atoms with E-state index >= 15 is 0 Å². The van der Waals surface area contributed by atoms with E-state index in [-0.39, 0.29) is 84.1 Å². The van der Waals surface area contributed by atoms with Gasteiger partial charge in [0.05, 0.1) is 0 Å². The summed E-state index contributed by atoms with van der Waals surface area (Å²) in [6, 6.07) is 0. The molecule has 5 heavy (non-hydrogen) atoms. The van der Waals surface area contributed by atoms with Crippen molar-refractivity contribution in [1.29, 1.82) is 0 Å². The molecule has 0 spiro atoms. The number of halogens is 2. The van der Waals surface area contributed by atoms with Gasteiger partial charge in [0, 0.05) is 0 Å². The Balaban J connectivity index is -0.000000000833. The monoisotopic (exact) mass is 224 g/mol. The minimum Gasteiger partial charge on any atom is -1.00 e. The number of hydrogen-bond donors (Lipinski definition) is 0. The van der Waals surface area contributed by atoms with Crippen LogP contribution in [0.25, 0.3) is 0 Å². The van der Waals surface area contributed by atoms with Gasteiger partial charge in [-0.15, -0.1) is 0 Å². The van der Waals surface area contributed by atoms with Crippen LogP contribution in [0.2, 0.25) is 0 Å². The van der Waals surface area contributed by atoms with Crippen molar-refractivity contribution in [3.8, 4) is 0 Å². The molecule has 0 nitrogen and oxygen atoms in total. The van der Waals surface area contributed by atoms with E-state index in [0.29, 0.717) is 0 Å². The van der Waals surface area contributed by atoms with Crippen LogP contribution in [0.1, 0.15) is 1.43 Å². The zero-order valence-corrected chi connectivity index (χ0v) is 9.17. The first-order chi connectivity index (χ1) is 1.00. The third-order valence-corrected chi connectivity index (χ3v) is 0. The van der Waals surface area contributed by atoms with E-state index in [1.165, 1.54) is 0 Å². The van der Waals surface area contributed by atoms with E-state index in [4.69, 9.17) is 0 Å². The van der Waals surface area contributed by atoms with Crippen LogP contribution in [0.15, 0.2) is 0 Å². The minimum absolute atomic E-state index is 0. The Kier molecular flexibility index (Phi) is 121. The molecule has 0 radical (unpaired) electrons. The molecule has 0 rings (SSSR count). The second kappa shape index (κ2) is 25.7. The maximum Gasteiger partial charge on any atom is 1.00 e. The van der Waals surface area contributed by atoms with Gasteiger partial charge in [0.2, 0.25) is 0 Å². The molecule has 0 aromatic carbocycles. The van der Waals surface area contributed by atoms with Crippen LogP contribution >= 0.6 is 9.19 Å². The summed E-state index contributed by atoms with van der Waals surface area (Å²) in [5.41, 5.74) is 0. The number of rotatable bonds is 0. The second-order valence-corrected chi connectivity index (χ2v) is 0. The second-order valence-electron chi connectivity index (χ2n) is 0. The molecule has 0 unspecified atom stereocenters. The first-order valence-corrected chi connectivity index (χ1v) is 2.02. The summed E-state index contributed by atoms with van der Waals surface area (Å²) in [6.45, 7) is 0. The molecule has 0 bridgehead atoms. The Morgan fingerprint density at radius 1 is 1.40 bits per heavy atom. The average Bonchev–Trinajstić information content (AvgIpc) is 1.00. The van der Waals surface area contributed by atoms with Gasteiger partial charge in [-0.25, -0.2) is 0 Å². The van der Waals surface area contributed by atoms with E-state index < -0.39 is 0 Å². The van der Waals surface area contributed by atoms with Crippen LogP contribution in [0.5, 0.6) is 0 Å². The van der Waals surface area contributed by atoms with Gasteiger partial charge in [-0.2, -0.15) is 0 Å². The van der Waals surface area contributed by atoms with E-state index in [1.807, 2.05) is 0 Å². The Morgan fingerprint density at radius 3 is 1.40 bits per heavy atom. The fraction of sp³-hybridized carbons (Fsp3) is 0. The maximum absolute atomic E-state index is 4.45. The molecule has 0 aliphatic rings. The zero-order valence-electron chi connectivity index (χ0n) is 4.06. The van der Waals surface area contributed by atoms with Crippen LogP contribution in [0.4, 0.5) is 0 Å². The van der Waals surface area contributed by atoms with E-state index in [9.17, 15) is 0 Å². The number of hydrogen-bond acceptors (Lipinski definition) is 0. The van der Waals surface area contributed by atoms with Crippen molar-refractivity contribution >= 4 is 9.19 Å². The van der Waals surface area contributed by atoms with Crippen molar-refractivity contribution in [1.82, 2.24) is 0 Å². The van der Waals surface area contributed by atoms with Gasteiger partial charge < -0.3 is 13.8 Å². The Bertz CT molecular complexity index is 13.5. The molecule has 0 aromatic heterocycles. The molecular weight excluding hydrogens is 225 g/mol. The van der Waals surface area contributed by atoms with Crippen LogP contribution in [0.3, 0.4) is 0 Å². The third-order valence-electron chi connectivity index (χ3n) is 0. The molecule has 0 heterocycles. The normalized spacial score (nSPS) is 1.40. The van der Waals surface area contributed by atoms with Crippen molar-refractivity contribution in [2.45, 2.75) is 0 Å². The third kappa shape index (κ3) is 18.4. The average molecular weight is 226 g/mol. The van der Waals surface area contributed by atoms with Crippen LogP contribution < -0.4 is 82.7 Å². The van der Waals surface area contributed by atoms with Gasteiger partial charge in [-0.3, -0.25) is 0 Å². The summed E-state index contributed by atoms with van der Waals surface area (Å²) in [7, 11) is 4.45. The predicted octanol–water partition coefficient (Wildman–Crippen LogP) is -8.19. The van der Waals surface area contributed by atoms with E-state index in [0.717, 1.165) is 0 Å². The van der Waals surface area contributed by atoms with Crippen molar-refractivity contribution in [3.63, 3.8) is 0 Å². The van der Waals surface area contributed by atoms with E-state index in [1.54, 1.807) is 0 Å². The first kappa shape index (κ1) is 23.5. The smallest absolute Gasteiger partial charge is 1.00 e. The maximum atomic E-state index is 4.45. The summed E-state index contributed by atoms with van der Waals surface area (Å²) < 4.78 is 0. The van der Waals surface area contributed by atoms with Crippen molar-refractivity contribution in [2.75, 3.05) is 0 Å². The Hall–Kier alpha value is 3.55. The zero-order chi connectivity index (χ0) is 2.00. The molecule has 0 atom stereocenters. The van der Waals surface area contributed by atoms with Crippen molar-refractivity contribution in [3.05, 3.63) is 0 Å². The van der Waals surface area contributed by atoms with Crippen LogP contribution in [-0.2, 0) is 20.0 Å². The molecule has 0 fully saturated rings. The fourth-order valence-electron chi connectivity index (χ4n) is 0. The summed E-state index contributed by atoms with van der Waals surface area (Å²) in [6.07, 6.45) is 0. The first-order valence-electron chi connectivity index (χ1n) is 0.114. The SMILES string of the molecule is [Cl-].[Cl][Ag].[H-].[K+].[Li+]. The fourth-order valence-corrected chi connectivity index (χ4v) is 0. The molecule has 0 N–H and O–H groups in total. The van der Waals surface area contributed by atoms with Crippen LogP contribution in [-0.4, -0.2) is 0 Å². The summed E-state index contributed by atoms with van der Waals surface area (Å²) in [5.74, 6) is 0. The Labute approximate surface area is 110 Å². The molecule has 0 aliphatic carbocycles. The van der Waals surface area contributed by atoms with Gasteiger partial charge in [-0.1, -0.05) is 0 Å².